The zero-order valence-corrected chi connectivity index (χ0v) is 8.89. The van der Waals surface area contributed by atoms with Crippen LogP contribution in [-0.4, -0.2) is 33.2 Å². The summed E-state index contributed by atoms with van der Waals surface area (Å²) in [6, 6.07) is 0. The Balaban J connectivity index is 3.72. The van der Waals surface area contributed by atoms with Crippen LogP contribution in [0.25, 0.3) is 0 Å². The number of carbonyl (C=O) groups is 3. The van der Waals surface area contributed by atoms with E-state index in [-0.39, 0.29) is 19.3 Å². The fraction of sp³-hybridized carbons (Fsp3) is 0.700. The maximum absolute atomic E-state index is 10.6. The van der Waals surface area contributed by atoms with E-state index < -0.39 is 23.8 Å². The Kier molecular flexibility index (Phi) is 6.91. The molecule has 0 rings (SSSR count). The Bertz CT molecular complexity index is 260. The molecule has 0 heterocycles. The first-order valence-electron chi connectivity index (χ1n) is 5.10. The lowest BCUT2D eigenvalue weighted by Crippen LogP contribution is -2.17. The van der Waals surface area contributed by atoms with Crippen molar-refractivity contribution in [2.24, 2.45) is 5.92 Å². The molecule has 0 saturated heterocycles. The monoisotopic (exact) mass is 232 g/mol. The molecule has 3 N–H and O–H groups in total. The molecule has 0 amide bonds. The van der Waals surface area contributed by atoms with Crippen molar-refractivity contribution < 1.29 is 29.7 Å². The summed E-state index contributed by atoms with van der Waals surface area (Å²) in [4.78, 5) is 31.2. The van der Waals surface area contributed by atoms with Gasteiger partial charge in [-0.2, -0.15) is 0 Å². The molecule has 0 aromatic heterocycles. The normalized spacial score (nSPS) is 12.0. The highest BCUT2D eigenvalue weighted by Crippen LogP contribution is 2.14. The Morgan fingerprint density at radius 3 is 1.94 bits per heavy atom. The average molecular weight is 232 g/mol. The van der Waals surface area contributed by atoms with Gasteiger partial charge in [0.15, 0.2) is 0 Å². The van der Waals surface area contributed by atoms with E-state index in [1.807, 2.05) is 0 Å². The summed E-state index contributed by atoms with van der Waals surface area (Å²) < 4.78 is 0. The first-order valence-corrected chi connectivity index (χ1v) is 5.10. The van der Waals surface area contributed by atoms with Crippen molar-refractivity contribution in [3.05, 3.63) is 0 Å². The minimum absolute atomic E-state index is 0.0661. The summed E-state index contributed by atoms with van der Waals surface area (Å²) in [5.41, 5.74) is 0. The molecule has 1 atom stereocenters. The summed E-state index contributed by atoms with van der Waals surface area (Å²) in [7, 11) is 0. The molecule has 1 unspecified atom stereocenters. The Morgan fingerprint density at radius 2 is 1.50 bits per heavy atom. The smallest absolute Gasteiger partial charge is 0.307 e. The third kappa shape index (κ3) is 7.78. The second-order valence-electron chi connectivity index (χ2n) is 3.63. The van der Waals surface area contributed by atoms with E-state index in [1.54, 1.807) is 0 Å². The standard InChI is InChI=1S/C10H16O6/c11-8(12)5-3-1-2-4-7(10(15)16)6-9(13)14/h7H,1-6H2,(H,11,12)(H,13,14)(H,15,16). The lowest BCUT2D eigenvalue weighted by atomic mass is 9.98. The lowest BCUT2D eigenvalue weighted by Gasteiger charge is -2.08. The number of carboxylic acids is 3. The van der Waals surface area contributed by atoms with Crippen LogP contribution in [-0.2, 0) is 14.4 Å². The molecule has 92 valence electrons. The molecule has 0 aliphatic heterocycles. The number of unbranched alkanes of at least 4 members (excludes halogenated alkanes) is 2. The van der Waals surface area contributed by atoms with Crippen molar-refractivity contribution in [1.82, 2.24) is 0 Å². The quantitative estimate of drug-likeness (QED) is 0.515. The third-order valence-electron chi connectivity index (χ3n) is 2.21. The van der Waals surface area contributed by atoms with Crippen molar-refractivity contribution >= 4 is 17.9 Å². The van der Waals surface area contributed by atoms with Gasteiger partial charge >= 0.3 is 17.9 Å². The van der Waals surface area contributed by atoms with E-state index >= 15 is 0 Å². The maximum Gasteiger partial charge on any atom is 0.307 e. The van der Waals surface area contributed by atoms with Gasteiger partial charge in [0.25, 0.3) is 0 Å². The zero-order valence-electron chi connectivity index (χ0n) is 8.89. The van der Waals surface area contributed by atoms with Gasteiger partial charge in [-0.3, -0.25) is 14.4 Å². The van der Waals surface area contributed by atoms with E-state index in [2.05, 4.69) is 0 Å². The van der Waals surface area contributed by atoms with E-state index in [0.29, 0.717) is 19.3 Å². The van der Waals surface area contributed by atoms with Crippen molar-refractivity contribution in [2.45, 2.75) is 38.5 Å². The third-order valence-corrected chi connectivity index (χ3v) is 2.21. The zero-order chi connectivity index (χ0) is 12.6. The van der Waals surface area contributed by atoms with Gasteiger partial charge in [0.1, 0.15) is 0 Å². The fourth-order valence-electron chi connectivity index (χ4n) is 1.37. The molecule has 6 heteroatoms. The Labute approximate surface area is 92.9 Å². The topological polar surface area (TPSA) is 112 Å². The summed E-state index contributed by atoms with van der Waals surface area (Å²) in [6.07, 6.45) is 1.61. The van der Waals surface area contributed by atoms with Crippen molar-refractivity contribution in [2.75, 3.05) is 0 Å². The summed E-state index contributed by atoms with van der Waals surface area (Å²) in [5.74, 6) is -3.98. The van der Waals surface area contributed by atoms with Crippen LogP contribution < -0.4 is 0 Å². The molecule has 0 fully saturated rings. The highest BCUT2D eigenvalue weighted by Gasteiger charge is 2.20. The van der Waals surface area contributed by atoms with Crippen LogP contribution >= 0.6 is 0 Å². The maximum atomic E-state index is 10.6. The van der Waals surface area contributed by atoms with Crippen LogP contribution in [0, 0.1) is 5.92 Å². The molecule has 0 spiro atoms. The van der Waals surface area contributed by atoms with E-state index in [4.69, 9.17) is 15.3 Å². The highest BCUT2D eigenvalue weighted by molar-refractivity contribution is 5.77. The molecule has 16 heavy (non-hydrogen) atoms. The molecule has 0 radical (unpaired) electrons. The molecule has 0 saturated carbocycles. The molecule has 0 aromatic carbocycles. The van der Waals surface area contributed by atoms with Crippen LogP contribution in [0.5, 0.6) is 0 Å². The average Bonchev–Trinajstić information content (AvgIpc) is 2.14. The van der Waals surface area contributed by atoms with Crippen LogP contribution in [0.2, 0.25) is 0 Å². The van der Waals surface area contributed by atoms with Gasteiger partial charge in [0.2, 0.25) is 0 Å². The molecule has 0 aliphatic carbocycles. The van der Waals surface area contributed by atoms with E-state index in [1.165, 1.54) is 0 Å². The van der Waals surface area contributed by atoms with Gasteiger partial charge in [-0.1, -0.05) is 12.8 Å². The van der Waals surface area contributed by atoms with Crippen LogP contribution in [0.4, 0.5) is 0 Å². The van der Waals surface area contributed by atoms with E-state index in [9.17, 15) is 14.4 Å². The number of carboxylic acid groups (broad SMARTS) is 3. The van der Waals surface area contributed by atoms with Gasteiger partial charge in [-0.25, -0.2) is 0 Å². The van der Waals surface area contributed by atoms with Gasteiger partial charge in [-0.15, -0.1) is 0 Å². The molecule has 0 aromatic rings. The Hall–Kier alpha value is -1.59. The minimum atomic E-state index is -1.13. The minimum Gasteiger partial charge on any atom is -0.481 e. The number of hydrogen-bond donors (Lipinski definition) is 3. The van der Waals surface area contributed by atoms with Gasteiger partial charge in [-0.05, 0) is 12.8 Å². The predicted octanol–water partition coefficient (Wildman–Crippen LogP) is 1.20. The van der Waals surface area contributed by atoms with Crippen molar-refractivity contribution in [1.29, 1.82) is 0 Å². The predicted molar refractivity (Wildman–Crippen MR) is 54.1 cm³/mol. The lowest BCUT2D eigenvalue weighted by molar-refractivity contribution is -0.148. The second kappa shape index (κ2) is 7.67. The fourth-order valence-corrected chi connectivity index (χ4v) is 1.37. The van der Waals surface area contributed by atoms with E-state index in [0.717, 1.165) is 0 Å². The van der Waals surface area contributed by atoms with Crippen LogP contribution in [0.1, 0.15) is 38.5 Å². The van der Waals surface area contributed by atoms with Crippen molar-refractivity contribution in [3.8, 4) is 0 Å². The molecular formula is C10H16O6. The molecule has 0 aliphatic rings. The SMILES string of the molecule is O=C(O)CCCCCC(CC(=O)O)C(=O)O. The van der Waals surface area contributed by atoms with Gasteiger partial charge < -0.3 is 15.3 Å². The first-order chi connectivity index (χ1) is 7.43. The number of aliphatic carboxylic acids is 3. The molecular weight excluding hydrogens is 216 g/mol. The number of hydrogen-bond acceptors (Lipinski definition) is 3. The van der Waals surface area contributed by atoms with Gasteiger partial charge in [0.05, 0.1) is 12.3 Å². The summed E-state index contributed by atoms with van der Waals surface area (Å²) in [5, 5.41) is 25.5. The first kappa shape index (κ1) is 14.4. The highest BCUT2D eigenvalue weighted by atomic mass is 16.4. The van der Waals surface area contributed by atoms with Crippen LogP contribution in [0.3, 0.4) is 0 Å². The van der Waals surface area contributed by atoms with Crippen molar-refractivity contribution in [3.63, 3.8) is 0 Å². The Morgan fingerprint density at radius 1 is 0.875 bits per heavy atom. The van der Waals surface area contributed by atoms with Crippen LogP contribution in [0.15, 0.2) is 0 Å². The van der Waals surface area contributed by atoms with Gasteiger partial charge in [0, 0.05) is 6.42 Å². The summed E-state index contributed by atoms with van der Waals surface area (Å²) >= 11 is 0. The summed E-state index contributed by atoms with van der Waals surface area (Å²) in [6.45, 7) is 0. The second-order valence-corrected chi connectivity index (χ2v) is 3.63. The number of rotatable bonds is 9. The largest absolute Gasteiger partial charge is 0.481 e. The molecule has 6 nitrogen and oxygen atoms in total. The molecule has 0 bridgehead atoms.